The lowest BCUT2D eigenvalue weighted by atomic mass is 9.99. The van der Waals surface area contributed by atoms with E-state index in [-0.39, 0.29) is 0 Å². The van der Waals surface area contributed by atoms with Gasteiger partial charge in [0.1, 0.15) is 19.3 Å². The van der Waals surface area contributed by atoms with Gasteiger partial charge < -0.3 is 14.6 Å². The van der Waals surface area contributed by atoms with Crippen LogP contribution in [0.25, 0.3) is 0 Å². The molecule has 0 saturated carbocycles. The van der Waals surface area contributed by atoms with E-state index >= 15 is 0 Å². The first-order valence-corrected chi connectivity index (χ1v) is 8.44. The van der Waals surface area contributed by atoms with Gasteiger partial charge in [-0.05, 0) is 23.8 Å². The topological polar surface area (TPSA) is 63.4 Å². The van der Waals surface area contributed by atoms with E-state index in [9.17, 15) is 5.11 Å². The Labute approximate surface area is 151 Å². The summed E-state index contributed by atoms with van der Waals surface area (Å²) in [5, 5.41) is 19.5. The van der Waals surface area contributed by atoms with Crippen LogP contribution in [-0.4, -0.2) is 18.3 Å². The molecule has 3 aromatic carbocycles. The molecular formula is C21H18N2O3. The normalized spacial score (nSPS) is 14.3. The van der Waals surface area contributed by atoms with Crippen LogP contribution in [0.4, 0.5) is 11.4 Å². The Balaban J connectivity index is 1.76. The first-order valence-electron chi connectivity index (χ1n) is 8.44. The molecule has 26 heavy (non-hydrogen) atoms. The second-order valence-corrected chi connectivity index (χ2v) is 5.90. The third-order valence-electron chi connectivity index (χ3n) is 4.13. The molecule has 3 aromatic rings. The van der Waals surface area contributed by atoms with Gasteiger partial charge in [0.25, 0.3) is 0 Å². The van der Waals surface area contributed by atoms with Crippen LogP contribution in [0.15, 0.2) is 83.0 Å². The minimum Gasteiger partial charge on any atom is -0.486 e. The standard InChI is InChI=1S/C21H18N2O3/c24-21(15-7-3-1-4-8-15)17-13-19-20(26-12-11-25-19)14-18(17)23-22-16-9-5-2-6-10-16/h1-10,13-14,21,24H,11-12H2. The highest BCUT2D eigenvalue weighted by Gasteiger charge is 2.21. The maximum atomic E-state index is 10.9. The Morgan fingerprint density at radius 3 is 2.08 bits per heavy atom. The SMILES string of the molecule is OC(c1ccccc1)c1cc2c(cc1N=Nc1ccccc1)OCCO2. The van der Waals surface area contributed by atoms with Crippen molar-refractivity contribution in [3.05, 3.63) is 83.9 Å². The molecule has 0 aliphatic carbocycles. The number of hydrogen-bond donors (Lipinski definition) is 1. The lowest BCUT2D eigenvalue weighted by Gasteiger charge is -2.21. The van der Waals surface area contributed by atoms with E-state index < -0.39 is 6.10 Å². The van der Waals surface area contributed by atoms with E-state index in [1.807, 2.05) is 60.7 Å². The van der Waals surface area contributed by atoms with E-state index in [0.29, 0.717) is 36.0 Å². The highest BCUT2D eigenvalue weighted by atomic mass is 16.6. The molecule has 1 heterocycles. The zero-order valence-electron chi connectivity index (χ0n) is 14.1. The molecule has 1 atom stereocenters. The van der Waals surface area contributed by atoms with Crippen molar-refractivity contribution in [1.82, 2.24) is 0 Å². The second-order valence-electron chi connectivity index (χ2n) is 5.90. The van der Waals surface area contributed by atoms with Crippen molar-refractivity contribution in [1.29, 1.82) is 0 Å². The minimum absolute atomic E-state index is 0.485. The maximum Gasteiger partial charge on any atom is 0.163 e. The summed E-state index contributed by atoms with van der Waals surface area (Å²) in [4.78, 5) is 0. The lowest BCUT2D eigenvalue weighted by molar-refractivity contribution is 0.170. The molecule has 130 valence electrons. The average Bonchev–Trinajstić information content (AvgIpc) is 2.72. The first kappa shape index (κ1) is 16.3. The second kappa shape index (κ2) is 7.37. The van der Waals surface area contributed by atoms with Crippen LogP contribution < -0.4 is 9.47 Å². The molecule has 0 fully saturated rings. The maximum absolute atomic E-state index is 10.9. The Morgan fingerprint density at radius 1 is 0.769 bits per heavy atom. The Bertz CT molecular complexity index is 911. The van der Waals surface area contributed by atoms with Gasteiger partial charge in [-0.1, -0.05) is 48.5 Å². The van der Waals surface area contributed by atoms with E-state index in [4.69, 9.17) is 9.47 Å². The minimum atomic E-state index is -0.836. The molecule has 5 nitrogen and oxygen atoms in total. The van der Waals surface area contributed by atoms with Gasteiger partial charge >= 0.3 is 0 Å². The summed E-state index contributed by atoms with van der Waals surface area (Å²) >= 11 is 0. The van der Waals surface area contributed by atoms with Crippen LogP contribution in [0.1, 0.15) is 17.2 Å². The van der Waals surface area contributed by atoms with Gasteiger partial charge in [-0.2, -0.15) is 10.2 Å². The molecule has 1 aliphatic heterocycles. The van der Waals surface area contributed by atoms with Crippen molar-refractivity contribution in [2.75, 3.05) is 13.2 Å². The fraction of sp³-hybridized carbons (Fsp3) is 0.143. The molecule has 1 aliphatic rings. The van der Waals surface area contributed by atoms with Gasteiger partial charge in [0, 0.05) is 11.6 Å². The van der Waals surface area contributed by atoms with Gasteiger partial charge in [-0.3, -0.25) is 0 Å². The largest absolute Gasteiger partial charge is 0.486 e. The number of nitrogens with zero attached hydrogens (tertiary/aromatic N) is 2. The zero-order chi connectivity index (χ0) is 17.8. The monoisotopic (exact) mass is 346 g/mol. The van der Waals surface area contributed by atoms with Crippen LogP contribution in [0.5, 0.6) is 11.5 Å². The average molecular weight is 346 g/mol. The van der Waals surface area contributed by atoms with Gasteiger partial charge in [0.05, 0.1) is 11.4 Å². The predicted molar refractivity (Wildman–Crippen MR) is 98.6 cm³/mol. The fourth-order valence-corrected chi connectivity index (χ4v) is 2.82. The molecule has 0 bridgehead atoms. The number of rotatable bonds is 4. The summed E-state index contributed by atoms with van der Waals surface area (Å²) in [6, 6.07) is 22.5. The van der Waals surface area contributed by atoms with Gasteiger partial charge in [-0.15, -0.1) is 0 Å². The van der Waals surface area contributed by atoms with Gasteiger partial charge in [0.2, 0.25) is 0 Å². The van der Waals surface area contributed by atoms with E-state index in [2.05, 4.69) is 10.2 Å². The number of hydrogen-bond acceptors (Lipinski definition) is 5. The quantitative estimate of drug-likeness (QED) is 0.680. The van der Waals surface area contributed by atoms with E-state index in [1.165, 1.54) is 0 Å². The van der Waals surface area contributed by atoms with Gasteiger partial charge in [0.15, 0.2) is 11.5 Å². The van der Waals surface area contributed by atoms with Crippen molar-refractivity contribution >= 4 is 11.4 Å². The summed E-state index contributed by atoms with van der Waals surface area (Å²) < 4.78 is 11.3. The molecule has 0 spiro atoms. The molecule has 4 rings (SSSR count). The third kappa shape index (κ3) is 3.43. The van der Waals surface area contributed by atoms with Crippen LogP contribution in [0.3, 0.4) is 0 Å². The number of ether oxygens (including phenoxy) is 2. The summed E-state index contributed by atoms with van der Waals surface area (Å²) in [5.74, 6) is 1.22. The zero-order valence-corrected chi connectivity index (χ0v) is 14.1. The Kier molecular flexibility index (Phi) is 4.62. The number of azo groups is 1. The number of fused-ring (bicyclic) bond motifs is 1. The molecule has 1 unspecified atom stereocenters. The highest BCUT2D eigenvalue weighted by Crippen LogP contribution is 2.41. The van der Waals surface area contributed by atoms with Crippen molar-refractivity contribution in [2.24, 2.45) is 10.2 Å². The van der Waals surface area contributed by atoms with Gasteiger partial charge in [-0.25, -0.2) is 0 Å². The van der Waals surface area contributed by atoms with Crippen LogP contribution in [-0.2, 0) is 0 Å². The highest BCUT2D eigenvalue weighted by molar-refractivity contribution is 5.60. The van der Waals surface area contributed by atoms with E-state index in [1.54, 1.807) is 12.1 Å². The molecular weight excluding hydrogens is 328 g/mol. The fourth-order valence-electron chi connectivity index (χ4n) is 2.82. The van der Waals surface area contributed by atoms with Crippen LogP contribution in [0, 0.1) is 0 Å². The third-order valence-corrected chi connectivity index (χ3v) is 4.13. The molecule has 0 radical (unpaired) electrons. The number of aliphatic hydroxyl groups is 1. The molecule has 0 saturated heterocycles. The summed E-state index contributed by atoms with van der Waals surface area (Å²) in [5.41, 5.74) is 2.69. The van der Waals surface area contributed by atoms with Crippen LogP contribution >= 0.6 is 0 Å². The molecule has 5 heteroatoms. The number of benzene rings is 3. The summed E-state index contributed by atoms with van der Waals surface area (Å²) in [6.45, 7) is 0.974. The van der Waals surface area contributed by atoms with Crippen LogP contribution in [0.2, 0.25) is 0 Å². The van der Waals surface area contributed by atoms with Crippen molar-refractivity contribution < 1.29 is 14.6 Å². The predicted octanol–water partition coefficient (Wildman–Crippen LogP) is 4.95. The van der Waals surface area contributed by atoms with Crippen molar-refractivity contribution in [3.8, 4) is 11.5 Å². The Hall–Kier alpha value is -3.18. The molecule has 1 N–H and O–H groups in total. The molecule has 0 amide bonds. The Morgan fingerprint density at radius 2 is 1.38 bits per heavy atom. The van der Waals surface area contributed by atoms with Crippen molar-refractivity contribution in [2.45, 2.75) is 6.10 Å². The van der Waals surface area contributed by atoms with E-state index in [0.717, 1.165) is 11.3 Å². The first-order chi connectivity index (χ1) is 12.8. The smallest absolute Gasteiger partial charge is 0.163 e. The number of aliphatic hydroxyl groups excluding tert-OH is 1. The lowest BCUT2D eigenvalue weighted by Crippen LogP contribution is -2.15. The summed E-state index contributed by atoms with van der Waals surface area (Å²) in [6.07, 6.45) is -0.836. The summed E-state index contributed by atoms with van der Waals surface area (Å²) in [7, 11) is 0. The molecule has 0 aromatic heterocycles. The van der Waals surface area contributed by atoms with Crippen molar-refractivity contribution in [3.63, 3.8) is 0 Å².